The fourth-order valence-corrected chi connectivity index (χ4v) is 3.71. The van der Waals surface area contributed by atoms with Crippen LogP contribution in [-0.4, -0.2) is 19.8 Å². The van der Waals surface area contributed by atoms with E-state index >= 15 is 0 Å². The van der Waals surface area contributed by atoms with Crippen LogP contribution in [0.2, 0.25) is 0 Å². The third-order valence-corrected chi connectivity index (χ3v) is 5.26. The molecule has 1 aliphatic heterocycles. The highest BCUT2D eigenvalue weighted by Crippen LogP contribution is 2.44. The first-order valence-electron chi connectivity index (χ1n) is 9.04. The highest BCUT2D eigenvalue weighted by molar-refractivity contribution is 6.13. The van der Waals surface area contributed by atoms with Crippen LogP contribution in [0.1, 0.15) is 25.0 Å². The van der Waals surface area contributed by atoms with Gasteiger partial charge in [0.15, 0.2) is 0 Å². The molecular formula is C24H24N2. The lowest BCUT2D eigenvalue weighted by Crippen LogP contribution is -2.24. The molecule has 26 heavy (non-hydrogen) atoms. The highest BCUT2D eigenvalue weighted by atomic mass is 15.1. The van der Waals surface area contributed by atoms with Crippen molar-refractivity contribution in [3.05, 3.63) is 77.9 Å². The molecule has 0 atom stereocenters. The van der Waals surface area contributed by atoms with Crippen LogP contribution < -0.4 is 4.90 Å². The molecule has 0 unspecified atom stereocenters. The van der Waals surface area contributed by atoms with E-state index in [1.54, 1.807) is 0 Å². The third-order valence-electron chi connectivity index (χ3n) is 5.26. The van der Waals surface area contributed by atoms with Crippen molar-refractivity contribution in [1.29, 1.82) is 0 Å². The molecule has 2 nitrogen and oxygen atoms in total. The van der Waals surface area contributed by atoms with Gasteiger partial charge in [-0.05, 0) is 46.2 Å². The molecule has 130 valence electrons. The maximum absolute atomic E-state index is 4.94. The van der Waals surface area contributed by atoms with Crippen molar-refractivity contribution in [3.63, 3.8) is 0 Å². The molecule has 0 fully saturated rings. The Morgan fingerprint density at radius 1 is 0.846 bits per heavy atom. The maximum atomic E-state index is 4.94. The summed E-state index contributed by atoms with van der Waals surface area (Å²) in [4.78, 5) is 7.05. The monoisotopic (exact) mass is 340 g/mol. The van der Waals surface area contributed by atoms with Crippen LogP contribution >= 0.6 is 0 Å². The molecule has 4 rings (SSSR count). The molecule has 0 saturated carbocycles. The van der Waals surface area contributed by atoms with E-state index in [1.165, 1.54) is 27.6 Å². The van der Waals surface area contributed by atoms with Gasteiger partial charge in [-0.15, -0.1) is 0 Å². The fourth-order valence-electron chi connectivity index (χ4n) is 3.71. The minimum Gasteiger partial charge on any atom is -0.378 e. The summed E-state index contributed by atoms with van der Waals surface area (Å²) in [5.41, 5.74) is 5.83. The lowest BCUT2D eigenvalue weighted by atomic mass is 9.79. The molecule has 0 saturated heterocycles. The van der Waals surface area contributed by atoms with Crippen molar-refractivity contribution in [2.45, 2.75) is 19.3 Å². The predicted molar refractivity (Wildman–Crippen MR) is 114 cm³/mol. The van der Waals surface area contributed by atoms with Gasteiger partial charge in [-0.1, -0.05) is 62.4 Å². The maximum Gasteiger partial charge on any atom is 0.0681 e. The standard InChI is InChI=1S/C24H24N2/c1-24(2)22(16-11-17-9-13-19(14-10-17)26(3)4)25-21-15-12-18-7-5-6-8-20(18)23(21)24/h5-16H,1-4H3. The van der Waals surface area contributed by atoms with E-state index in [0.29, 0.717) is 0 Å². The Bertz CT molecular complexity index is 1020. The van der Waals surface area contributed by atoms with Crippen LogP contribution in [0.4, 0.5) is 11.4 Å². The number of allylic oxidation sites excluding steroid dienone is 1. The van der Waals surface area contributed by atoms with Crippen molar-refractivity contribution in [2.24, 2.45) is 4.99 Å². The van der Waals surface area contributed by atoms with Crippen LogP contribution in [-0.2, 0) is 5.41 Å². The third kappa shape index (κ3) is 2.72. The summed E-state index contributed by atoms with van der Waals surface area (Å²) >= 11 is 0. The second-order valence-corrected chi connectivity index (χ2v) is 7.62. The Kier molecular flexibility index (Phi) is 3.91. The predicted octanol–water partition coefficient (Wildman–Crippen LogP) is 5.98. The number of fused-ring (bicyclic) bond motifs is 3. The summed E-state index contributed by atoms with van der Waals surface area (Å²) in [5, 5.41) is 2.58. The summed E-state index contributed by atoms with van der Waals surface area (Å²) in [6.07, 6.45) is 4.33. The number of nitrogens with zero attached hydrogens (tertiary/aromatic N) is 2. The molecule has 1 heterocycles. The van der Waals surface area contributed by atoms with E-state index in [1.807, 2.05) is 0 Å². The molecule has 0 radical (unpaired) electrons. The lowest BCUT2D eigenvalue weighted by Gasteiger charge is -2.22. The van der Waals surface area contributed by atoms with Gasteiger partial charge in [-0.3, -0.25) is 4.99 Å². The summed E-state index contributed by atoms with van der Waals surface area (Å²) in [7, 11) is 4.12. The number of anilines is 1. The fraction of sp³-hybridized carbons (Fsp3) is 0.208. The summed E-state index contributed by atoms with van der Waals surface area (Å²) in [6, 6.07) is 21.5. The van der Waals surface area contributed by atoms with E-state index in [9.17, 15) is 0 Å². The SMILES string of the molecule is CN(C)c1ccc(C=CC2=Nc3ccc4ccccc4c3C2(C)C)cc1. The van der Waals surface area contributed by atoms with Crippen molar-refractivity contribution < 1.29 is 0 Å². The molecule has 0 spiro atoms. The van der Waals surface area contributed by atoms with Gasteiger partial charge in [-0.2, -0.15) is 0 Å². The Morgan fingerprint density at radius 3 is 2.31 bits per heavy atom. The second kappa shape index (κ2) is 6.14. The molecule has 0 aromatic heterocycles. The van der Waals surface area contributed by atoms with Crippen molar-refractivity contribution >= 4 is 33.9 Å². The van der Waals surface area contributed by atoms with Gasteiger partial charge >= 0.3 is 0 Å². The molecule has 0 aliphatic carbocycles. The Morgan fingerprint density at radius 2 is 1.58 bits per heavy atom. The minimum absolute atomic E-state index is 0.101. The summed E-state index contributed by atoms with van der Waals surface area (Å²) < 4.78 is 0. The zero-order valence-corrected chi connectivity index (χ0v) is 15.8. The number of benzene rings is 3. The largest absolute Gasteiger partial charge is 0.378 e. The topological polar surface area (TPSA) is 15.6 Å². The van der Waals surface area contributed by atoms with Crippen LogP contribution in [0.3, 0.4) is 0 Å². The molecule has 0 amide bonds. The van der Waals surface area contributed by atoms with E-state index in [2.05, 4.69) is 106 Å². The van der Waals surface area contributed by atoms with Gasteiger partial charge in [0.1, 0.15) is 0 Å². The quantitative estimate of drug-likeness (QED) is 0.572. The molecule has 2 heteroatoms. The zero-order valence-electron chi connectivity index (χ0n) is 15.8. The molecule has 0 N–H and O–H groups in total. The molecule has 1 aliphatic rings. The van der Waals surface area contributed by atoms with Crippen molar-refractivity contribution in [2.75, 3.05) is 19.0 Å². The first kappa shape index (κ1) is 16.6. The Balaban J connectivity index is 1.69. The number of hydrogen-bond donors (Lipinski definition) is 0. The van der Waals surface area contributed by atoms with Gasteiger partial charge in [0.05, 0.1) is 11.4 Å². The molecule has 0 bridgehead atoms. The van der Waals surface area contributed by atoms with Crippen molar-refractivity contribution in [3.8, 4) is 0 Å². The van der Waals surface area contributed by atoms with E-state index < -0.39 is 0 Å². The highest BCUT2D eigenvalue weighted by Gasteiger charge is 2.34. The summed E-state index contributed by atoms with van der Waals surface area (Å²) in [6.45, 7) is 4.53. The first-order valence-corrected chi connectivity index (χ1v) is 9.04. The van der Waals surface area contributed by atoms with Gasteiger partial charge in [-0.25, -0.2) is 0 Å². The molecule has 3 aromatic rings. The first-order chi connectivity index (χ1) is 12.5. The normalized spacial score (nSPS) is 15.3. The minimum atomic E-state index is -0.101. The lowest BCUT2D eigenvalue weighted by molar-refractivity contribution is 0.747. The van der Waals surface area contributed by atoms with E-state index in [4.69, 9.17) is 4.99 Å². The average Bonchev–Trinajstić information content (AvgIpc) is 2.91. The second-order valence-electron chi connectivity index (χ2n) is 7.62. The number of aliphatic imine (C=N–C) groups is 1. The van der Waals surface area contributed by atoms with Gasteiger partial charge in [0.2, 0.25) is 0 Å². The van der Waals surface area contributed by atoms with Gasteiger partial charge in [0.25, 0.3) is 0 Å². The van der Waals surface area contributed by atoms with Crippen molar-refractivity contribution in [1.82, 2.24) is 0 Å². The number of hydrogen-bond acceptors (Lipinski definition) is 2. The van der Waals surface area contributed by atoms with Crippen LogP contribution in [0, 0.1) is 0 Å². The summed E-state index contributed by atoms with van der Waals surface area (Å²) in [5.74, 6) is 0. The zero-order chi connectivity index (χ0) is 18.3. The van der Waals surface area contributed by atoms with Crippen LogP contribution in [0.25, 0.3) is 16.8 Å². The number of rotatable bonds is 3. The van der Waals surface area contributed by atoms with E-state index in [0.717, 1.165) is 11.4 Å². The van der Waals surface area contributed by atoms with E-state index in [-0.39, 0.29) is 5.41 Å². The average molecular weight is 340 g/mol. The smallest absolute Gasteiger partial charge is 0.0681 e. The van der Waals surface area contributed by atoms with Crippen LogP contribution in [0.15, 0.2) is 71.7 Å². The van der Waals surface area contributed by atoms with Crippen LogP contribution in [0.5, 0.6) is 0 Å². The van der Waals surface area contributed by atoms with Gasteiger partial charge < -0.3 is 4.90 Å². The Hall–Kier alpha value is -2.87. The molecular weight excluding hydrogens is 316 g/mol. The Labute approximate surface area is 155 Å². The molecule has 3 aromatic carbocycles. The van der Waals surface area contributed by atoms with Gasteiger partial charge in [0, 0.05) is 25.2 Å².